The van der Waals surface area contributed by atoms with Crippen molar-refractivity contribution < 1.29 is 32.6 Å². The quantitative estimate of drug-likeness (QED) is 0.757. The number of amides is 1. The van der Waals surface area contributed by atoms with E-state index < -0.39 is 29.8 Å². The monoisotopic (exact) mass is 395 g/mol. The summed E-state index contributed by atoms with van der Waals surface area (Å²) in [5.41, 5.74) is 0.300. The van der Waals surface area contributed by atoms with Gasteiger partial charge in [-0.1, -0.05) is 42.5 Å². The molecular formula is C20H20F3NO4. The Morgan fingerprint density at radius 2 is 1.64 bits per heavy atom. The van der Waals surface area contributed by atoms with Crippen LogP contribution in [0.5, 0.6) is 0 Å². The van der Waals surface area contributed by atoms with E-state index in [1.54, 1.807) is 31.2 Å². The van der Waals surface area contributed by atoms with Crippen LogP contribution in [0.4, 0.5) is 18.0 Å². The molecule has 0 bridgehead atoms. The van der Waals surface area contributed by atoms with Gasteiger partial charge in [0.2, 0.25) is 0 Å². The van der Waals surface area contributed by atoms with Crippen molar-refractivity contribution in [3.63, 3.8) is 0 Å². The van der Waals surface area contributed by atoms with E-state index in [0.29, 0.717) is 5.56 Å². The van der Waals surface area contributed by atoms with E-state index >= 15 is 0 Å². The maximum Gasteiger partial charge on any atom is 0.416 e. The molecule has 1 amide bonds. The highest BCUT2D eigenvalue weighted by molar-refractivity contribution is 5.80. The van der Waals surface area contributed by atoms with E-state index in [9.17, 15) is 27.9 Å². The van der Waals surface area contributed by atoms with Gasteiger partial charge in [-0.2, -0.15) is 13.2 Å². The molecule has 8 heteroatoms. The van der Waals surface area contributed by atoms with E-state index in [1.165, 1.54) is 12.1 Å². The number of carboxylic acids is 1. The lowest BCUT2D eigenvalue weighted by molar-refractivity contribution is -0.142. The van der Waals surface area contributed by atoms with E-state index in [2.05, 4.69) is 0 Å². The molecule has 0 heterocycles. The lowest BCUT2D eigenvalue weighted by Crippen LogP contribution is -2.46. The second kappa shape index (κ2) is 9.25. The predicted octanol–water partition coefficient (Wildman–Crippen LogP) is 4.36. The fraction of sp³-hybridized carbons (Fsp3) is 0.300. The first-order chi connectivity index (χ1) is 13.2. The molecule has 0 aromatic heterocycles. The van der Waals surface area contributed by atoms with Crippen LogP contribution >= 0.6 is 0 Å². The van der Waals surface area contributed by atoms with Gasteiger partial charge in [0.1, 0.15) is 12.6 Å². The smallest absolute Gasteiger partial charge is 0.416 e. The van der Waals surface area contributed by atoms with Crippen molar-refractivity contribution in [3.8, 4) is 0 Å². The number of hydrogen-bond acceptors (Lipinski definition) is 3. The SMILES string of the molecule is CCN(C(=O)OCc1ccccc1)C(Cc1ccc(C(F)(F)F)cc1)C(=O)O. The molecule has 0 radical (unpaired) electrons. The van der Waals surface area contributed by atoms with Crippen molar-refractivity contribution in [3.05, 3.63) is 71.3 Å². The number of alkyl halides is 3. The molecule has 0 aliphatic carbocycles. The summed E-state index contributed by atoms with van der Waals surface area (Å²) in [7, 11) is 0. The van der Waals surface area contributed by atoms with Crippen molar-refractivity contribution >= 4 is 12.1 Å². The summed E-state index contributed by atoms with van der Waals surface area (Å²) in [4.78, 5) is 25.1. The average molecular weight is 395 g/mol. The zero-order valence-electron chi connectivity index (χ0n) is 15.1. The molecule has 0 aliphatic rings. The molecule has 2 aromatic rings. The number of likely N-dealkylation sites (N-methyl/N-ethyl adjacent to an activating group) is 1. The zero-order chi connectivity index (χ0) is 20.7. The van der Waals surface area contributed by atoms with Crippen LogP contribution in [0.1, 0.15) is 23.6 Å². The second-order valence-corrected chi connectivity index (χ2v) is 6.08. The van der Waals surface area contributed by atoms with Crippen LogP contribution in [0.3, 0.4) is 0 Å². The number of ether oxygens (including phenoxy) is 1. The third-order valence-corrected chi connectivity index (χ3v) is 4.15. The highest BCUT2D eigenvalue weighted by Crippen LogP contribution is 2.29. The van der Waals surface area contributed by atoms with Gasteiger partial charge in [0.25, 0.3) is 0 Å². The number of nitrogens with zero attached hydrogens (tertiary/aromatic N) is 1. The number of rotatable bonds is 7. The van der Waals surface area contributed by atoms with E-state index in [1.807, 2.05) is 6.07 Å². The molecule has 2 aromatic carbocycles. The maximum absolute atomic E-state index is 12.7. The lowest BCUT2D eigenvalue weighted by atomic mass is 10.0. The van der Waals surface area contributed by atoms with Gasteiger partial charge in [-0.3, -0.25) is 4.90 Å². The highest BCUT2D eigenvalue weighted by Gasteiger charge is 2.32. The minimum absolute atomic E-state index is 0.0111. The normalized spacial score (nSPS) is 12.3. The van der Waals surface area contributed by atoms with Gasteiger partial charge in [0.15, 0.2) is 0 Å². The van der Waals surface area contributed by atoms with Crippen molar-refractivity contribution in [1.82, 2.24) is 4.90 Å². The number of benzene rings is 2. The number of carboxylic acid groups (broad SMARTS) is 1. The summed E-state index contributed by atoms with van der Waals surface area (Å²) < 4.78 is 43.2. The van der Waals surface area contributed by atoms with Gasteiger partial charge < -0.3 is 9.84 Å². The Morgan fingerprint density at radius 3 is 2.14 bits per heavy atom. The zero-order valence-corrected chi connectivity index (χ0v) is 15.1. The van der Waals surface area contributed by atoms with E-state index in [0.717, 1.165) is 22.6 Å². The summed E-state index contributed by atoms with van der Waals surface area (Å²) in [6.07, 6.45) is -5.41. The summed E-state index contributed by atoms with van der Waals surface area (Å²) >= 11 is 0. The van der Waals surface area contributed by atoms with Gasteiger partial charge >= 0.3 is 18.2 Å². The molecule has 5 nitrogen and oxygen atoms in total. The second-order valence-electron chi connectivity index (χ2n) is 6.08. The Balaban J connectivity index is 2.09. The average Bonchev–Trinajstić information content (AvgIpc) is 2.66. The molecule has 0 spiro atoms. The maximum atomic E-state index is 12.7. The van der Waals surface area contributed by atoms with Crippen molar-refractivity contribution in [1.29, 1.82) is 0 Å². The molecule has 0 saturated carbocycles. The molecular weight excluding hydrogens is 375 g/mol. The van der Waals surface area contributed by atoms with Gasteiger partial charge in [-0.05, 0) is 30.2 Å². The molecule has 0 saturated heterocycles. The van der Waals surface area contributed by atoms with Crippen LogP contribution in [-0.4, -0.2) is 34.7 Å². The molecule has 28 heavy (non-hydrogen) atoms. The number of carbonyl (C=O) groups is 2. The Kier molecular flexibility index (Phi) is 7.03. The summed E-state index contributed by atoms with van der Waals surface area (Å²) in [5.74, 6) is -1.27. The van der Waals surface area contributed by atoms with Crippen LogP contribution in [0.25, 0.3) is 0 Å². The minimum atomic E-state index is -4.47. The number of carbonyl (C=O) groups excluding carboxylic acids is 1. The molecule has 0 fully saturated rings. The molecule has 1 N–H and O–H groups in total. The van der Waals surface area contributed by atoms with Gasteiger partial charge in [-0.25, -0.2) is 9.59 Å². The third-order valence-electron chi connectivity index (χ3n) is 4.15. The first-order valence-corrected chi connectivity index (χ1v) is 8.58. The number of hydrogen-bond donors (Lipinski definition) is 1. The molecule has 0 aliphatic heterocycles. The summed E-state index contributed by atoms with van der Waals surface area (Å²) in [6, 6.07) is 11.8. The van der Waals surface area contributed by atoms with Crippen molar-refractivity contribution in [2.24, 2.45) is 0 Å². The van der Waals surface area contributed by atoms with E-state index in [-0.39, 0.29) is 19.6 Å². The molecule has 1 atom stereocenters. The van der Waals surface area contributed by atoms with Gasteiger partial charge in [0, 0.05) is 13.0 Å². The topological polar surface area (TPSA) is 66.8 Å². The predicted molar refractivity (Wildman–Crippen MR) is 95.6 cm³/mol. The van der Waals surface area contributed by atoms with E-state index in [4.69, 9.17) is 4.74 Å². The summed E-state index contributed by atoms with van der Waals surface area (Å²) in [6.45, 7) is 1.67. The van der Waals surface area contributed by atoms with Gasteiger partial charge in [0.05, 0.1) is 5.56 Å². The van der Waals surface area contributed by atoms with Crippen LogP contribution in [0.15, 0.2) is 54.6 Å². The largest absolute Gasteiger partial charge is 0.480 e. The Labute approximate surface area is 160 Å². The van der Waals surface area contributed by atoms with Crippen LogP contribution in [-0.2, 0) is 28.7 Å². The third kappa shape index (κ3) is 5.73. The first-order valence-electron chi connectivity index (χ1n) is 8.58. The highest BCUT2D eigenvalue weighted by atomic mass is 19.4. The van der Waals surface area contributed by atoms with Crippen LogP contribution in [0, 0.1) is 0 Å². The van der Waals surface area contributed by atoms with Crippen LogP contribution in [0.2, 0.25) is 0 Å². The van der Waals surface area contributed by atoms with Crippen molar-refractivity contribution in [2.45, 2.75) is 32.2 Å². The fourth-order valence-electron chi connectivity index (χ4n) is 2.66. The molecule has 2 rings (SSSR count). The van der Waals surface area contributed by atoms with Gasteiger partial charge in [-0.15, -0.1) is 0 Å². The Bertz CT molecular complexity index is 791. The standard InChI is InChI=1S/C20H20F3NO4/c1-2-24(19(27)28-13-15-6-4-3-5-7-15)17(18(25)26)12-14-8-10-16(11-9-14)20(21,22)23/h3-11,17H,2,12-13H2,1H3,(H,25,26). The first kappa shape index (κ1) is 21.3. The lowest BCUT2D eigenvalue weighted by Gasteiger charge is -2.27. The Morgan fingerprint density at radius 1 is 1.04 bits per heavy atom. The summed E-state index contributed by atoms with van der Waals surface area (Å²) in [5, 5.41) is 9.52. The molecule has 1 unspecified atom stereocenters. The minimum Gasteiger partial charge on any atom is -0.480 e. The number of aliphatic carboxylic acids is 1. The number of halogens is 3. The van der Waals surface area contributed by atoms with Crippen LogP contribution < -0.4 is 0 Å². The fourth-order valence-corrected chi connectivity index (χ4v) is 2.66. The van der Waals surface area contributed by atoms with Crippen molar-refractivity contribution in [2.75, 3.05) is 6.54 Å². The Hall–Kier alpha value is -3.03. The molecule has 150 valence electrons.